The number of carbonyl (C=O) groups is 1. The van der Waals surface area contributed by atoms with Crippen molar-refractivity contribution in [1.82, 2.24) is 5.32 Å². The van der Waals surface area contributed by atoms with Crippen LogP contribution >= 0.6 is 0 Å². The molecule has 0 bridgehead atoms. The lowest BCUT2D eigenvalue weighted by molar-refractivity contribution is -0.117. The maximum Gasteiger partial charge on any atom is 0.231 e. The summed E-state index contributed by atoms with van der Waals surface area (Å²) in [6.07, 6.45) is 0. The third kappa shape index (κ3) is 4.47. The van der Waals surface area contributed by atoms with Crippen molar-refractivity contribution in [2.24, 2.45) is 5.73 Å². The molecule has 0 heterocycles. The van der Waals surface area contributed by atoms with Crippen LogP contribution in [0.2, 0.25) is 0 Å². The molecule has 0 aromatic heterocycles. The Bertz CT molecular complexity index is 306. The minimum atomic E-state index is -0.655. The van der Waals surface area contributed by atoms with E-state index in [1.165, 1.54) is 0 Å². The molecule has 3 N–H and O–H groups in total. The maximum atomic E-state index is 10.4. The Balaban J connectivity index is 2.22. The van der Waals surface area contributed by atoms with Crippen LogP contribution in [0.4, 0.5) is 0 Å². The van der Waals surface area contributed by atoms with Gasteiger partial charge >= 0.3 is 0 Å². The molecule has 0 aliphatic heterocycles. The Morgan fingerprint density at radius 2 is 2.21 bits per heavy atom. The largest absolute Gasteiger partial charge is 0.492 e. The summed E-state index contributed by atoms with van der Waals surface area (Å²) in [5.41, 5.74) is 4.92. The SMILES string of the molecule is [2H][C@H](COc1ccccc1)NCC(N)=O. The third-order valence-corrected chi connectivity index (χ3v) is 1.50. The molecule has 4 nitrogen and oxygen atoms in total. The number of nitrogens with two attached hydrogens (primary N) is 1. The molecule has 1 atom stereocenters. The minimum absolute atomic E-state index is 0.00762. The van der Waals surface area contributed by atoms with Crippen LogP contribution in [-0.4, -0.2) is 25.6 Å². The van der Waals surface area contributed by atoms with Crippen LogP contribution < -0.4 is 15.8 Å². The van der Waals surface area contributed by atoms with Crippen molar-refractivity contribution in [1.29, 1.82) is 0 Å². The zero-order chi connectivity index (χ0) is 11.1. The second kappa shape index (κ2) is 5.99. The second-order valence-corrected chi connectivity index (χ2v) is 2.68. The molecule has 0 saturated carbocycles. The quantitative estimate of drug-likeness (QED) is 0.678. The zero-order valence-corrected chi connectivity index (χ0v) is 7.77. The van der Waals surface area contributed by atoms with Gasteiger partial charge in [-0.25, -0.2) is 0 Å². The molecule has 0 aliphatic rings. The van der Waals surface area contributed by atoms with E-state index in [1.54, 1.807) is 12.1 Å². The number of amides is 1. The van der Waals surface area contributed by atoms with E-state index in [1.807, 2.05) is 18.2 Å². The number of rotatable bonds is 6. The summed E-state index contributed by atoms with van der Waals surface area (Å²) < 4.78 is 12.8. The summed E-state index contributed by atoms with van der Waals surface area (Å²) in [6.45, 7) is -0.485. The number of hydrogen-bond donors (Lipinski definition) is 2. The normalized spacial score (nSPS) is 13.0. The van der Waals surface area contributed by atoms with Gasteiger partial charge in [0.25, 0.3) is 0 Å². The Hall–Kier alpha value is -1.55. The van der Waals surface area contributed by atoms with Crippen molar-refractivity contribution in [2.45, 2.75) is 0 Å². The third-order valence-electron chi connectivity index (χ3n) is 1.50. The first kappa shape index (κ1) is 9.02. The fourth-order valence-corrected chi connectivity index (χ4v) is 0.886. The molecule has 0 spiro atoms. The predicted molar refractivity (Wildman–Crippen MR) is 54.0 cm³/mol. The van der Waals surface area contributed by atoms with E-state index in [-0.39, 0.29) is 13.2 Å². The predicted octanol–water partition coefficient (Wildman–Crippen LogP) is 0.140. The summed E-state index contributed by atoms with van der Waals surface area (Å²) in [7, 11) is 0. The second-order valence-electron chi connectivity index (χ2n) is 2.68. The maximum absolute atomic E-state index is 10.4. The lowest BCUT2D eigenvalue weighted by Gasteiger charge is -2.05. The molecule has 0 aliphatic carbocycles. The van der Waals surface area contributed by atoms with Gasteiger partial charge in [0.2, 0.25) is 5.91 Å². The van der Waals surface area contributed by atoms with Gasteiger partial charge in [0.1, 0.15) is 12.4 Å². The zero-order valence-electron chi connectivity index (χ0n) is 8.77. The first-order chi connectivity index (χ1) is 7.18. The highest BCUT2D eigenvalue weighted by atomic mass is 16.5. The first-order valence-corrected chi connectivity index (χ1v) is 4.30. The van der Waals surface area contributed by atoms with Crippen LogP contribution in [0.1, 0.15) is 1.37 Å². The number of nitrogens with one attached hydrogen (secondary N) is 1. The van der Waals surface area contributed by atoms with E-state index in [9.17, 15) is 4.79 Å². The van der Waals surface area contributed by atoms with E-state index in [2.05, 4.69) is 5.32 Å². The monoisotopic (exact) mass is 195 g/mol. The molecule has 0 unspecified atom stereocenters. The van der Waals surface area contributed by atoms with Crippen molar-refractivity contribution >= 4 is 5.91 Å². The summed E-state index contributed by atoms with van der Waals surface area (Å²) >= 11 is 0. The van der Waals surface area contributed by atoms with E-state index < -0.39 is 12.4 Å². The summed E-state index contributed by atoms with van der Waals surface area (Å²) in [4.78, 5) is 10.4. The van der Waals surface area contributed by atoms with E-state index in [0.29, 0.717) is 5.75 Å². The van der Waals surface area contributed by atoms with Gasteiger partial charge < -0.3 is 15.8 Å². The fourth-order valence-electron chi connectivity index (χ4n) is 0.886. The molecular formula is C10H14N2O2. The van der Waals surface area contributed by atoms with Gasteiger partial charge in [-0.05, 0) is 12.1 Å². The van der Waals surface area contributed by atoms with Gasteiger partial charge in [-0.3, -0.25) is 4.79 Å². The van der Waals surface area contributed by atoms with Crippen LogP contribution in [0.5, 0.6) is 5.75 Å². The average molecular weight is 195 g/mol. The molecule has 0 radical (unpaired) electrons. The Morgan fingerprint density at radius 3 is 2.86 bits per heavy atom. The van der Waals surface area contributed by atoms with Gasteiger partial charge in [-0.1, -0.05) is 18.2 Å². The molecule has 76 valence electrons. The van der Waals surface area contributed by atoms with E-state index >= 15 is 0 Å². The van der Waals surface area contributed by atoms with Crippen molar-refractivity contribution in [3.05, 3.63) is 30.3 Å². The Kier molecular flexibility index (Phi) is 3.86. The number of para-hydroxylation sites is 1. The first-order valence-electron chi connectivity index (χ1n) is 4.88. The molecular weight excluding hydrogens is 180 g/mol. The number of primary amides is 1. The average Bonchev–Trinajstić information content (AvgIpc) is 2.25. The standard InChI is InChI=1S/C10H14N2O2/c11-10(13)8-12-6-7-14-9-4-2-1-3-5-9/h1-5,12H,6-8H2,(H2,11,13)/i6D/t6-/m1/s1. The van der Waals surface area contributed by atoms with Gasteiger partial charge in [0.15, 0.2) is 0 Å². The lowest BCUT2D eigenvalue weighted by Crippen LogP contribution is -2.31. The molecule has 14 heavy (non-hydrogen) atoms. The van der Waals surface area contributed by atoms with E-state index in [0.717, 1.165) is 0 Å². The van der Waals surface area contributed by atoms with Crippen LogP contribution in [0.3, 0.4) is 0 Å². The summed E-state index contributed by atoms with van der Waals surface area (Å²) in [6, 6.07) is 9.20. The Morgan fingerprint density at radius 1 is 1.50 bits per heavy atom. The van der Waals surface area contributed by atoms with Crippen LogP contribution in [-0.2, 0) is 4.79 Å². The molecule has 0 fully saturated rings. The van der Waals surface area contributed by atoms with Crippen LogP contribution in [0.25, 0.3) is 0 Å². The van der Waals surface area contributed by atoms with Gasteiger partial charge in [-0.15, -0.1) is 0 Å². The molecule has 1 rings (SSSR count). The molecule has 1 aromatic carbocycles. The van der Waals surface area contributed by atoms with Crippen LogP contribution in [0.15, 0.2) is 30.3 Å². The highest BCUT2D eigenvalue weighted by Crippen LogP contribution is 2.07. The molecule has 1 aromatic rings. The van der Waals surface area contributed by atoms with Crippen molar-refractivity contribution < 1.29 is 10.9 Å². The van der Waals surface area contributed by atoms with Gasteiger partial charge in [0, 0.05) is 7.89 Å². The lowest BCUT2D eigenvalue weighted by atomic mass is 10.3. The highest BCUT2D eigenvalue weighted by molar-refractivity contribution is 5.75. The molecule has 4 heteroatoms. The van der Waals surface area contributed by atoms with E-state index in [4.69, 9.17) is 11.8 Å². The van der Waals surface area contributed by atoms with Gasteiger partial charge in [-0.2, -0.15) is 0 Å². The fraction of sp³-hybridized carbons (Fsp3) is 0.300. The highest BCUT2D eigenvalue weighted by Gasteiger charge is 1.93. The van der Waals surface area contributed by atoms with Gasteiger partial charge in [0.05, 0.1) is 6.54 Å². The van der Waals surface area contributed by atoms with Crippen LogP contribution in [0, 0.1) is 0 Å². The number of benzene rings is 1. The van der Waals surface area contributed by atoms with Crippen molar-refractivity contribution in [3.8, 4) is 5.75 Å². The smallest absolute Gasteiger partial charge is 0.231 e. The number of ether oxygens (including phenoxy) is 1. The number of hydrogen-bond acceptors (Lipinski definition) is 3. The molecule has 1 amide bonds. The van der Waals surface area contributed by atoms with Crippen molar-refractivity contribution in [2.75, 3.05) is 19.7 Å². The summed E-state index contributed by atoms with van der Waals surface area (Å²) in [5, 5.41) is 2.62. The molecule has 0 saturated heterocycles. The topological polar surface area (TPSA) is 64.3 Å². The van der Waals surface area contributed by atoms with Crippen molar-refractivity contribution in [3.63, 3.8) is 0 Å². The number of carbonyl (C=O) groups excluding carboxylic acids is 1. The summed E-state index contributed by atoms with van der Waals surface area (Å²) in [5.74, 6) is 0.225. The minimum Gasteiger partial charge on any atom is -0.492 e. The Labute approximate surface area is 84.5 Å².